The minimum atomic E-state index is 0.350. The lowest BCUT2D eigenvalue weighted by atomic mass is 9.93. The molecule has 3 rings (SSSR count). The number of hydrogen-bond donors (Lipinski definition) is 2. The number of anilines is 1. The first-order chi connectivity index (χ1) is 9.28. The fourth-order valence-corrected chi connectivity index (χ4v) is 3.09. The van der Waals surface area contributed by atoms with Crippen molar-refractivity contribution in [1.29, 1.82) is 0 Å². The van der Waals surface area contributed by atoms with E-state index in [0.717, 1.165) is 28.4 Å². The molecule has 1 aliphatic rings. The normalized spacial score (nSPS) is 17.7. The van der Waals surface area contributed by atoms with Gasteiger partial charge < -0.3 is 5.32 Å². The summed E-state index contributed by atoms with van der Waals surface area (Å²) in [5.74, 6) is 0. The van der Waals surface area contributed by atoms with E-state index in [-0.39, 0.29) is 0 Å². The Morgan fingerprint density at radius 1 is 1.16 bits per heavy atom. The van der Waals surface area contributed by atoms with Crippen LogP contribution in [0.4, 0.5) is 5.69 Å². The molecule has 1 aliphatic heterocycles. The number of halogens is 1. The standard InChI is InChI=1S/C15H15ClN2S/c16-13-2-1-3-15-12(13)8-9-14(18-15)10-4-6-11(19-17)7-5-10/h1-7,14,18H,8-9,17H2. The van der Waals surface area contributed by atoms with Crippen LogP contribution in [-0.4, -0.2) is 0 Å². The van der Waals surface area contributed by atoms with Crippen molar-refractivity contribution in [2.24, 2.45) is 5.14 Å². The number of nitrogens with two attached hydrogens (primary N) is 1. The molecule has 0 radical (unpaired) electrons. The summed E-state index contributed by atoms with van der Waals surface area (Å²) in [5, 5.41) is 9.97. The molecule has 0 spiro atoms. The number of hydrogen-bond acceptors (Lipinski definition) is 3. The van der Waals surface area contributed by atoms with Gasteiger partial charge in [0.15, 0.2) is 0 Å². The zero-order valence-electron chi connectivity index (χ0n) is 10.4. The minimum Gasteiger partial charge on any atom is -0.378 e. The summed E-state index contributed by atoms with van der Waals surface area (Å²) in [5.41, 5.74) is 3.68. The van der Waals surface area contributed by atoms with Crippen molar-refractivity contribution in [2.45, 2.75) is 23.8 Å². The number of benzene rings is 2. The summed E-state index contributed by atoms with van der Waals surface area (Å²) in [6, 6.07) is 14.8. The van der Waals surface area contributed by atoms with E-state index < -0.39 is 0 Å². The fraction of sp³-hybridized carbons (Fsp3) is 0.200. The number of nitrogens with one attached hydrogen (secondary N) is 1. The maximum Gasteiger partial charge on any atom is 0.0517 e. The van der Waals surface area contributed by atoms with Gasteiger partial charge in [0.05, 0.1) is 6.04 Å². The lowest BCUT2D eigenvalue weighted by molar-refractivity contribution is 0.667. The highest BCUT2D eigenvalue weighted by atomic mass is 35.5. The first-order valence-electron chi connectivity index (χ1n) is 6.28. The van der Waals surface area contributed by atoms with Gasteiger partial charge in [0.1, 0.15) is 0 Å². The Bertz CT molecular complexity index is 583. The van der Waals surface area contributed by atoms with E-state index in [1.54, 1.807) is 0 Å². The Balaban J connectivity index is 1.85. The first-order valence-corrected chi connectivity index (χ1v) is 7.54. The quantitative estimate of drug-likeness (QED) is 0.805. The Kier molecular flexibility index (Phi) is 3.69. The SMILES string of the molecule is NSc1ccc(C2CCc3c(Cl)cccc3N2)cc1. The lowest BCUT2D eigenvalue weighted by Crippen LogP contribution is -2.18. The van der Waals surface area contributed by atoms with Crippen molar-refractivity contribution in [1.82, 2.24) is 0 Å². The molecular weight excluding hydrogens is 276 g/mol. The second-order valence-corrected chi connectivity index (χ2v) is 5.80. The van der Waals surface area contributed by atoms with E-state index in [0.29, 0.717) is 6.04 Å². The largest absolute Gasteiger partial charge is 0.378 e. The van der Waals surface area contributed by atoms with Crippen molar-refractivity contribution in [3.05, 3.63) is 58.6 Å². The van der Waals surface area contributed by atoms with Gasteiger partial charge in [-0.05, 0) is 60.2 Å². The van der Waals surface area contributed by atoms with E-state index >= 15 is 0 Å². The molecule has 4 heteroatoms. The van der Waals surface area contributed by atoms with Crippen LogP contribution < -0.4 is 10.5 Å². The van der Waals surface area contributed by atoms with E-state index in [4.69, 9.17) is 16.7 Å². The highest BCUT2D eigenvalue weighted by Gasteiger charge is 2.20. The maximum atomic E-state index is 6.22. The van der Waals surface area contributed by atoms with Gasteiger partial charge >= 0.3 is 0 Å². The van der Waals surface area contributed by atoms with Crippen molar-refractivity contribution in [2.75, 3.05) is 5.32 Å². The number of rotatable bonds is 2. The van der Waals surface area contributed by atoms with E-state index in [2.05, 4.69) is 35.6 Å². The molecule has 0 saturated heterocycles. The minimum absolute atomic E-state index is 0.350. The lowest BCUT2D eigenvalue weighted by Gasteiger charge is -2.28. The molecule has 1 unspecified atom stereocenters. The van der Waals surface area contributed by atoms with Crippen LogP contribution in [0.3, 0.4) is 0 Å². The van der Waals surface area contributed by atoms with Crippen molar-refractivity contribution < 1.29 is 0 Å². The van der Waals surface area contributed by atoms with Gasteiger partial charge in [-0.3, -0.25) is 5.14 Å². The molecule has 0 amide bonds. The molecule has 0 fully saturated rings. The molecule has 0 bridgehead atoms. The maximum absolute atomic E-state index is 6.22. The Morgan fingerprint density at radius 3 is 2.68 bits per heavy atom. The molecule has 0 saturated carbocycles. The highest BCUT2D eigenvalue weighted by molar-refractivity contribution is 7.97. The van der Waals surface area contributed by atoms with Crippen LogP contribution in [0.2, 0.25) is 5.02 Å². The van der Waals surface area contributed by atoms with E-state index in [1.807, 2.05) is 12.1 Å². The average Bonchev–Trinajstić information content (AvgIpc) is 2.47. The van der Waals surface area contributed by atoms with Gasteiger partial charge in [-0.25, -0.2) is 0 Å². The van der Waals surface area contributed by atoms with Gasteiger partial charge in [-0.1, -0.05) is 29.8 Å². The molecule has 1 heterocycles. The second kappa shape index (κ2) is 5.45. The molecule has 0 aliphatic carbocycles. The molecule has 0 aromatic heterocycles. The molecule has 2 nitrogen and oxygen atoms in total. The summed E-state index contributed by atoms with van der Waals surface area (Å²) in [7, 11) is 0. The summed E-state index contributed by atoms with van der Waals surface area (Å²) in [6.45, 7) is 0. The summed E-state index contributed by atoms with van der Waals surface area (Å²) in [4.78, 5) is 1.09. The fourth-order valence-electron chi connectivity index (χ4n) is 2.53. The van der Waals surface area contributed by atoms with E-state index in [9.17, 15) is 0 Å². The van der Waals surface area contributed by atoms with Crippen LogP contribution in [0.25, 0.3) is 0 Å². The second-order valence-electron chi connectivity index (χ2n) is 4.69. The zero-order valence-corrected chi connectivity index (χ0v) is 12.0. The average molecular weight is 291 g/mol. The number of fused-ring (bicyclic) bond motifs is 1. The predicted octanol–water partition coefficient (Wildman–Crippen LogP) is 4.41. The summed E-state index contributed by atoms with van der Waals surface area (Å²) < 4.78 is 0. The third-order valence-electron chi connectivity index (χ3n) is 3.55. The van der Waals surface area contributed by atoms with Gasteiger partial charge in [0.25, 0.3) is 0 Å². The van der Waals surface area contributed by atoms with Gasteiger partial charge in [-0.15, -0.1) is 0 Å². The Labute approximate surface area is 122 Å². The summed E-state index contributed by atoms with van der Waals surface area (Å²) in [6.07, 6.45) is 2.08. The molecular formula is C15H15ClN2S. The smallest absolute Gasteiger partial charge is 0.0517 e. The molecule has 2 aromatic carbocycles. The van der Waals surface area contributed by atoms with Crippen LogP contribution in [0.1, 0.15) is 23.6 Å². The zero-order chi connectivity index (χ0) is 13.2. The Morgan fingerprint density at radius 2 is 1.95 bits per heavy atom. The predicted molar refractivity (Wildman–Crippen MR) is 82.6 cm³/mol. The van der Waals surface area contributed by atoms with Crippen LogP contribution >= 0.6 is 23.5 Å². The molecule has 2 aromatic rings. The summed E-state index contributed by atoms with van der Waals surface area (Å²) >= 11 is 7.50. The third kappa shape index (κ3) is 2.59. The van der Waals surface area contributed by atoms with Crippen molar-refractivity contribution in [3.63, 3.8) is 0 Å². The van der Waals surface area contributed by atoms with Crippen LogP contribution in [0, 0.1) is 0 Å². The topological polar surface area (TPSA) is 38.0 Å². The molecule has 19 heavy (non-hydrogen) atoms. The monoisotopic (exact) mass is 290 g/mol. The first kappa shape index (κ1) is 12.9. The van der Waals surface area contributed by atoms with Crippen molar-refractivity contribution in [3.8, 4) is 0 Å². The van der Waals surface area contributed by atoms with E-state index in [1.165, 1.54) is 23.1 Å². The van der Waals surface area contributed by atoms with Crippen LogP contribution in [-0.2, 0) is 6.42 Å². The molecule has 1 atom stereocenters. The van der Waals surface area contributed by atoms with Gasteiger partial charge in [-0.2, -0.15) is 0 Å². The van der Waals surface area contributed by atoms with Crippen molar-refractivity contribution >= 4 is 29.2 Å². The van der Waals surface area contributed by atoms with Gasteiger partial charge in [0.2, 0.25) is 0 Å². The molecule has 98 valence electrons. The van der Waals surface area contributed by atoms with Crippen LogP contribution in [0.5, 0.6) is 0 Å². The highest BCUT2D eigenvalue weighted by Crippen LogP contribution is 2.36. The third-order valence-corrected chi connectivity index (χ3v) is 4.45. The van der Waals surface area contributed by atoms with Crippen LogP contribution in [0.15, 0.2) is 47.4 Å². The Hall–Kier alpha value is -1.16. The van der Waals surface area contributed by atoms with Gasteiger partial charge in [0, 0.05) is 15.6 Å². The molecule has 3 N–H and O–H groups in total.